The maximum Gasteiger partial charge on any atom is 0.335 e. The van der Waals surface area contributed by atoms with Crippen molar-refractivity contribution in [3.05, 3.63) is 29.3 Å². The molecule has 0 aliphatic rings. The molecule has 1 aromatic carbocycles. The molecule has 19 heavy (non-hydrogen) atoms. The minimum atomic E-state index is -4.42. The Hall–Kier alpha value is -2.05. The molecular weight excluding hydrogens is 282 g/mol. The van der Waals surface area contributed by atoms with Crippen molar-refractivity contribution < 1.29 is 27.1 Å². The fourth-order valence-corrected chi connectivity index (χ4v) is 2.34. The molecule has 0 atom stereocenters. The molecule has 0 heterocycles. The molecule has 0 bridgehead atoms. The van der Waals surface area contributed by atoms with Gasteiger partial charge < -0.3 is 5.11 Å². The number of benzene rings is 1. The largest absolute Gasteiger partial charge is 0.478 e. The fourth-order valence-electron chi connectivity index (χ4n) is 1.20. The number of nitrogens with zero attached hydrogens (tertiary/aromatic N) is 1. The molecule has 0 spiro atoms. The maximum atomic E-state index is 13.4. The third-order valence-corrected chi connectivity index (χ3v) is 3.52. The Labute approximate surface area is 107 Å². The molecule has 1 aromatic rings. The van der Waals surface area contributed by atoms with E-state index in [1.54, 1.807) is 6.07 Å². The van der Waals surface area contributed by atoms with E-state index in [1.807, 2.05) is 4.72 Å². The molecule has 0 saturated heterocycles. The molecule has 0 aliphatic carbocycles. The van der Waals surface area contributed by atoms with Crippen LogP contribution in [0.2, 0.25) is 0 Å². The first kappa shape index (κ1) is 15.0. The lowest BCUT2D eigenvalue weighted by Gasteiger charge is -2.08. The molecule has 1 rings (SSSR count). The average molecular weight is 290 g/mol. The van der Waals surface area contributed by atoms with Crippen molar-refractivity contribution in [2.24, 2.45) is 0 Å². The van der Waals surface area contributed by atoms with Gasteiger partial charge in [-0.3, -0.25) is 0 Å². The van der Waals surface area contributed by atoms with E-state index in [0.29, 0.717) is 12.1 Å². The van der Waals surface area contributed by atoms with Gasteiger partial charge in [0.1, 0.15) is 4.90 Å². The Morgan fingerprint density at radius 3 is 2.58 bits per heavy atom. The summed E-state index contributed by atoms with van der Waals surface area (Å²) in [6.45, 7) is -0.294. The Morgan fingerprint density at radius 1 is 1.42 bits per heavy atom. The summed E-state index contributed by atoms with van der Waals surface area (Å²) in [6.07, 6.45) is -0.165. The highest BCUT2D eigenvalue weighted by molar-refractivity contribution is 7.89. The lowest BCUT2D eigenvalue weighted by atomic mass is 10.2. The van der Waals surface area contributed by atoms with E-state index in [-0.39, 0.29) is 13.0 Å². The zero-order valence-electron chi connectivity index (χ0n) is 9.35. The number of sulfonamides is 1. The molecular formula is C10H8F2N2O4S. The Balaban J connectivity index is 3.26. The molecule has 0 aliphatic heterocycles. The predicted molar refractivity (Wildman–Crippen MR) is 58.7 cm³/mol. The van der Waals surface area contributed by atoms with E-state index in [1.165, 1.54) is 0 Å². The Morgan fingerprint density at radius 2 is 2.05 bits per heavy atom. The lowest BCUT2D eigenvalue weighted by molar-refractivity contribution is 0.0696. The van der Waals surface area contributed by atoms with Gasteiger partial charge in [-0.25, -0.2) is 26.7 Å². The van der Waals surface area contributed by atoms with Crippen LogP contribution in [0, 0.1) is 23.0 Å². The molecule has 0 unspecified atom stereocenters. The van der Waals surface area contributed by atoms with Crippen LogP contribution in [0.25, 0.3) is 0 Å². The molecule has 0 radical (unpaired) electrons. The Kier molecular flexibility index (Phi) is 4.52. The normalized spacial score (nSPS) is 11.0. The van der Waals surface area contributed by atoms with Crippen LogP contribution in [0.3, 0.4) is 0 Å². The molecule has 0 saturated carbocycles. The maximum absolute atomic E-state index is 13.4. The van der Waals surface area contributed by atoms with E-state index in [2.05, 4.69) is 0 Å². The number of hydrogen-bond donors (Lipinski definition) is 2. The van der Waals surface area contributed by atoms with Crippen molar-refractivity contribution in [1.82, 2.24) is 4.72 Å². The number of halogens is 2. The van der Waals surface area contributed by atoms with Crippen molar-refractivity contribution in [3.8, 4) is 6.07 Å². The Bertz CT molecular complexity index is 652. The number of rotatable bonds is 5. The van der Waals surface area contributed by atoms with E-state index < -0.39 is 38.1 Å². The van der Waals surface area contributed by atoms with Crippen molar-refractivity contribution in [2.45, 2.75) is 11.3 Å². The predicted octanol–water partition coefficient (Wildman–Crippen LogP) is 0.855. The number of carbonyl (C=O) groups is 1. The molecule has 0 amide bonds. The topological polar surface area (TPSA) is 107 Å². The molecule has 0 fully saturated rings. The molecule has 9 heteroatoms. The van der Waals surface area contributed by atoms with Gasteiger partial charge in [0.15, 0.2) is 11.6 Å². The number of nitrogens with one attached hydrogen (secondary N) is 1. The smallest absolute Gasteiger partial charge is 0.335 e. The summed E-state index contributed by atoms with van der Waals surface area (Å²) in [5.74, 6) is -4.85. The van der Waals surface area contributed by atoms with Crippen LogP contribution in [-0.4, -0.2) is 26.0 Å². The summed E-state index contributed by atoms with van der Waals surface area (Å²) in [4.78, 5) is 9.55. The molecule has 6 nitrogen and oxygen atoms in total. The summed E-state index contributed by atoms with van der Waals surface area (Å²) in [5.41, 5.74) is -0.695. The van der Waals surface area contributed by atoms with E-state index in [4.69, 9.17) is 10.4 Å². The fraction of sp³-hybridized carbons (Fsp3) is 0.200. The second-order valence-corrected chi connectivity index (χ2v) is 5.12. The first-order chi connectivity index (χ1) is 8.79. The third-order valence-electron chi connectivity index (χ3n) is 2.06. The van der Waals surface area contributed by atoms with E-state index in [9.17, 15) is 22.0 Å². The van der Waals surface area contributed by atoms with Crippen LogP contribution < -0.4 is 4.72 Å². The standard InChI is InChI=1S/C10H8F2N2O4S/c11-7-4-6(10(15)16)5-8(9(7)12)19(17,18)14-3-1-2-13/h4-5,14H,1,3H2,(H,15,16). The zero-order valence-corrected chi connectivity index (χ0v) is 10.2. The van der Waals surface area contributed by atoms with Gasteiger partial charge in [0.25, 0.3) is 0 Å². The van der Waals surface area contributed by atoms with Crippen molar-refractivity contribution in [1.29, 1.82) is 5.26 Å². The number of carboxylic acids is 1. The number of hydrogen-bond acceptors (Lipinski definition) is 4. The monoisotopic (exact) mass is 290 g/mol. The van der Waals surface area contributed by atoms with Gasteiger partial charge in [-0.2, -0.15) is 5.26 Å². The molecule has 2 N–H and O–H groups in total. The van der Waals surface area contributed by atoms with Crippen molar-refractivity contribution in [3.63, 3.8) is 0 Å². The van der Waals surface area contributed by atoms with E-state index >= 15 is 0 Å². The summed E-state index contributed by atoms with van der Waals surface area (Å²) in [6, 6.07) is 2.55. The van der Waals surface area contributed by atoms with Gasteiger partial charge in [0.2, 0.25) is 10.0 Å². The minimum Gasteiger partial charge on any atom is -0.478 e. The second-order valence-electron chi connectivity index (χ2n) is 3.38. The third kappa shape index (κ3) is 3.46. The van der Waals surface area contributed by atoms with Crippen LogP contribution in [0.4, 0.5) is 8.78 Å². The highest BCUT2D eigenvalue weighted by atomic mass is 32.2. The van der Waals surface area contributed by atoms with Crippen molar-refractivity contribution >= 4 is 16.0 Å². The highest BCUT2D eigenvalue weighted by Crippen LogP contribution is 2.19. The van der Waals surface area contributed by atoms with Gasteiger partial charge in [0.05, 0.1) is 11.6 Å². The first-order valence-electron chi connectivity index (χ1n) is 4.88. The first-order valence-corrected chi connectivity index (χ1v) is 6.37. The van der Waals surface area contributed by atoms with Gasteiger partial charge in [-0.05, 0) is 12.1 Å². The summed E-state index contributed by atoms with van der Waals surface area (Å²) < 4.78 is 51.7. The van der Waals surface area contributed by atoms with Crippen molar-refractivity contribution in [2.75, 3.05) is 6.54 Å². The summed E-state index contributed by atoms with van der Waals surface area (Å²) in [5, 5.41) is 16.9. The summed E-state index contributed by atoms with van der Waals surface area (Å²) >= 11 is 0. The number of nitriles is 1. The highest BCUT2D eigenvalue weighted by Gasteiger charge is 2.24. The SMILES string of the molecule is N#CCCNS(=O)(=O)c1cc(C(=O)O)cc(F)c1F. The number of carboxylic acid groups (broad SMARTS) is 1. The van der Waals surface area contributed by atoms with Gasteiger partial charge in [-0.15, -0.1) is 0 Å². The molecule has 0 aromatic heterocycles. The lowest BCUT2D eigenvalue weighted by Crippen LogP contribution is -2.26. The number of aromatic carboxylic acids is 1. The van der Waals surface area contributed by atoms with Gasteiger partial charge >= 0.3 is 5.97 Å². The second kappa shape index (κ2) is 5.73. The van der Waals surface area contributed by atoms with Crippen LogP contribution >= 0.6 is 0 Å². The van der Waals surface area contributed by atoms with Crippen LogP contribution in [-0.2, 0) is 10.0 Å². The quantitative estimate of drug-likeness (QED) is 0.782. The summed E-state index contributed by atoms with van der Waals surface area (Å²) in [7, 11) is -4.42. The van der Waals surface area contributed by atoms with Crippen LogP contribution in [0.1, 0.15) is 16.8 Å². The van der Waals surface area contributed by atoms with Crippen LogP contribution in [0.5, 0.6) is 0 Å². The minimum absolute atomic E-state index is 0.165. The van der Waals surface area contributed by atoms with Crippen LogP contribution in [0.15, 0.2) is 17.0 Å². The zero-order chi connectivity index (χ0) is 14.6. The average Bonchev–Trinajstić information content (AvgIpc) is 2.32. The molecule has 102 valence electrons. The van der Waals surface area contributed by atoms with Gasteiger partial charge in [-0.1, -0.05) is 0 Å². The van der Waals surface area contributed by atoms with Gasteiger partial charge in [0, 0.05) is 13.0 Å². The van der Waals surface area contributed by atoms with E-state index in [0.717, 1.165) is 0 Å².